The van der Waals surface area contributed by atoms with Crippen molar-refractivity contribution in [1.82, 2.24) is 9.97 Å². The molecular formula is C14H16N4O2. The second-order valence-electron chi connectivity index (χ2n) is 4.55. The lowest BCUT2D eigenvalue weighted by molar-refractivity contribution is 0.174. The summed E-state index contributed by atoms with van der Waals surface area (Å²) in [5, 5.41) is 3.25. The molecule has 6 heteroatoms. The summed E-state index contributed by atoms with van der Waals surface area (Å²) < 4.78 is 10.6. The Kier molecular flexibility index (Phi) is 3.06. The van der Waals surface area contributed by atoms with Crippen LogP contribution in [0.3, 0.4) is 0 Å². The molecule has 20 heavy (non-hydrogen) atoms. The molecular weight excluding hydrogens is 256 g/mol. The molecule has 3 N–H and O–H groups in total. The van der Waals surface area contributed by atoms with Crippen LogP contribution in [0, 0.1) is 6.92 Å². The van der Waals surface area contributed by atoms with Crippen molar-refractivity contribution in [1.29, 1.82) is 0 Å². The largest absolute Gasteiger partial charge is 0.454 e. The van der Waals surface area contributed by atoms with Gasteiger partial charge >= 0.3 is 0 Å². The van der Waals surface area contributed by atoms with Crippen LogP contribution < -0.4 is 20.5 Å². The minimum Gasteiger partial charge on any atom is -0.454 e. The summed E-state index contributed by atoms with van der Waals surface area (Å²) in [6.45, 7) is 4.15. The van der Waals surface area contributed by atoms with E-state index < -0.39 is 0 Å². The first-order chi connectivity index (χ1) is 9.67. The molecule has 2 heterocycles. The van der Waals surface area contributed by atoms with E-state index in [0.29, 0.717) is 11.6 Å². The molecule has 0 spiro atoms. The van der Waals surface area contributed by atoms with E-state index in [4.69, 9.17) is 15.2 Å². The Balaban J connectivity index is 1.93. The molecule has 0 saturated carbocycles. The van der Waals surface area contributed by atoms with Gasteiger partial charge in [-0.3, -0.25) is 0 Å². The Morgan fingerprint density at radius 3 is 2.85 bits per heavy atom. The third-order valence-corrected chi connectivity index (χ3v) is 3.18. The summed E-state index contributed by atoms with van der Waals surface area (Å²) in [6, 6.07) is 5.66. The van der Waals surface area contributed by atoms with Gasteiger partial charge in [-0.2, -0.15) is 0 Å². The van der Waals surface area contributed by atoms with Gasteiger partial charge < -0.3 is 20.5 Å². The number of anilines is 3. The Morgan fingerprint density at radius 1 is 1.25 bits per heavy atom. The highest BCUT2D eigenvalue weighted by Gasteiger charge is 2.14. The number of ether oxygens (including phenoxy) is 2. The van der Waals surface area contributed by atoms with Crippen LogP contribution in [0.5, 0.6) is 11.5 Å². The maximum absolute atomic E-state index is 5.91. The summed E-state index contributed by atoms with van der Waals surface area (Å²) in [5.74, 6) is 3.42. The van der Waals surface area contributed by atoms with Crippen LogP contribution in [0.2, 0.25) is 0 Å². The summed E-state index contributed by atoms with van der Waals surface area (Å²) in [5.41, 5.74) is 7.61. The summed E-state index contributed by atoms with van der Waals surface area (Å²) >= 11 is 0. The van der Waals surface area contributed by atoms with Crippen LogP contribution in [0.4, 0.5) is 17.3 Å². The zero-order valence-electron chi connectivity index (χ0n) is 11.4. The molecule has 0 unspecified atom stereocenters. The number of fused-ring (bicyclic) bond motifs is 1. The van der Waals surface area contributed by atoms with E-state index in [1.807, 2.05) is 32.0 Å². The van der Waals surface area contributed by atoms with E-state index in [2.05, 4.69) is 15.3 Å². The standard InChI is InChI=1S/C14H16N4O2/c1-3-12-17-13(15)8(2)14(18-12)16-9-4-5-10-11(6-9)20-7-19-10/h4-6H,3,7H2,1-2H3,(H3,15,16,17,18). The highest BCUT2D eigenvalue weighted by molar-refractivity contribution is 5.66. The Bertz CT molecular complexity index is 658. The van der Waals surface area contributed by atoms with Crippen molar-refractivity contribution < 1.29 is 9.47 Å². The van der Waals surface area contributed by atoms with E-state index in [-0.39, 0.29) is 6.79 Å². The fourth-order valence-corrected chi connectivity index (χ4v) is 1.97. The molecule has 0 saturated heterocycles. The van der Waals surface area contributed by atoms with Crippen molar-refractivity contribution in [2.75, 3.05) is 17.8 Å². The van der Waals surface area contributed by atoms with Gasteiger partial charge in [-0.05, 0) is 19.1 Å². The van der Waals surface area contributed by atoms with Crippen LogP contribution >= 0.6 is 0 Å². The summed E-state index contributed by atoms with van der Waals surface area (Å²) in [6.07, 6.45) is 0.736. The Morgan fingerprint density at radius 2 is 2.05 bits per heavy atom. The molecule has 3 rings (SSSR count). The van der Waals surface area contributed by atoms with Gasteiger partial charge in [-0.15, -0.1) is 0 Å². The van der Waals surface area contributed by atoms with Gasteiger partial charge in [0.2, 0.25) is 6.79 Å². The number of nitrogens with zero attached hydrogens (tertiary/aromatic N) is 2. The van der Waals surface area contributed by atoms with Gasteiger partial charge in [0.05, 0.1) is 0 Å². The molecule has 1 aliphatic rings. The van der Waals surface area contributed by atoms with E-state index in [1.165, 1.54) is 0 Å². The van der Waals surface area contributed by atoms with E-state index in [1.54, 1.807) is 0 Å². The lowest BCUT2D eigenvalue weighted by Gasteiger charge is -2.12. The molecule has 0 amide bonds. The van der Waals surface area contributed by atoms with Crippen LogP contribution in [0.15, 0.2) is 18.2 Å². The molecule has 2 aromatic rings. The van der Waals surface area contributed by atoms with Crippen LogP contribution in [0.1, 0.15) is 18.3 Å². The average molecular weight is 272 g/mol. The lowest BCUT2D eigenvalue weighted by Crippen LogP contribution is -2.06. The van der Waals surface area contributed by atoms with Crippen molar-refractivity contribution in [3.05, 3.63) is 29.6 Å². The fourth-order valence-electron chi connectivity index (χ4n) is 1.97. The SMILES string of the molecule is CCc1nc(N)c(C)c(Nc2ccc3c(c2)OCO3)n1. The van der Waals surface area contributed by atoms with E-state index in [0.717, 1.165) is 35.0 Å². The molecule has 1 aromatic heterocycles. The Labute approximate surface area is 116 Å². The summed E-state index contributed by atoms with van der Waals surface area (Å²) in [4.78, 5) is 8.70. The number of aromatic nitrogens is 2. The number of nitrogens with one attached hydrogen (secondary N) is 1. The van der Waals surface area contributed by atoms with Gasteiger partial charge in [0.1, 0.15) is 17.5 Å². The van der Waals surface area contributed by atoms with Gasteiger partial charge in [0, 0.05) is 23.7 Å². The molecule has 0 bridgehead atoms. The number of rotatable bonds is 3. The minimum atomic E-state index is 0.262. The van der Waals surface area contributed by atoms with Gasteiger partial charge in [0.15, 0.2) is 11.5 Å². The quantitative estimate of drug-likeness (QED) is 0.892. The summed E-state index contributed by atoms with van der Waals surface area (Å²) in [7, 11) is 0. The number of nitrogens with two attached hydrogens (primary N) is 1. The van der Waals surface area contributed by atoms with Gasteiger partial charge in [-0.25, -0.2) is 9.97 Å². The van der Waals surface area contributed by atoms with E-state index >= 15 is 0 Å². The predicted molar refractivity (Wildman–Crippen MR) is 76.4 cm³/mol. The van der Waals surface area contributed by atoms with Crippen LogP contribution in [-0.2, 0) is 6.42 Å². The second kappa shape index (κ2) is 4.88. The second-order valence-corrected chi connectivity index (χ2v) is 4.55. The lowest BCUT2D eigenvalue weighted by atomic mass is 10.2. The Hall–Kier alpha value is -2.50. The number of benzene rings is 1. The topological polar surface area (TPSA) is 82.3 Å². The zero-order chi connectivity index (χ0) is 14.1. The molecule has 0 atom stereocenters. The van der Waals surface area contributed by atoms with Crippen molar-refractivity contribution in [3.8, 4) is 11.5 Å². The highest BCUT2D eigenvalue weighted by Crippen LogP contribution is 2.35. The molecule has 104 valence electrons. The maximum Gasteiger partial charge on any atom is 0.231 e. The monoisotopic (exact) mass is 272 g/mol. The maximum atomic E-state index is 5.91. The van der Waals surface area contributed by atoms with Crippen molar-refractivity contribution in [2.45, 2.75) is 20.3 Å². The molecule has 0 aliphatic carbocycles. The zero-order valence-corrected chi connectivity index (χ0v) is 11.4. The van der Waals surface area contributed by atoms with Crippen molar-refractivity contribution in [2.24, 2.45) is 0 Å². The fraction of sp³-hybridized carbons (Fsp3) is 0.286. The van der Waals surface area contributed by atoms with Crippen molar-refractivity contribution in [3.63, 3.8) is 0 Å². The third-order valence-electron chi connectivity index (χ3n) is 3.18. The minimum absolute atomic E-state index is 0.262. The molecule has 0 radical (unpaired) electrons. The molecule has 1 aliphatic heterocycles. The predicted octanol–water partition coefficient (Wildman–Crippen LogP) is 2.40. The average Bonchev–Trinajstić information content (AvgIpc) is 2.91. The smallest absolute Gasteiger partial charge is 0.231 e. The first-order valence-corrected chi connectivity index (χ1v) is 6.47. The number of hydrogen-bond donors (Lipinski definition) is 2. The van der Waals surface area contributed by atoms with Gasteiger partial charge in [0.25, 0.3) is 0 Å². The van der Waals surface area contributed by atoms with E-state index in [9.17, 15) is 0 Å². The van der Waals surface area contributed by atoms with Crippen molar-refractivity contribution >= 4 is 17.3 Å². The van der Waals surface area contributed by atoms with Crippen LogP contribution in [-0.4, -0.2) is 16.8 Å². The molecule has 0 fully saturated rings. The normalized spacial score (nSPS) is 12.5. The number of nitrogen functional groups attached to an aromatic ring is 1. The molecule has 1 aromatic carbocycles. The number of hydrogen-bond acceptors (Lipinski definition) is 6. The first-order valence-electron chi connectivity index (χ1n) is 6.47. The van der Waals surface area contributed by atoms with Crippen LogP contribution in [0.25, 0.3) is 0 Å². The number of aryl methyl sites for hydroxylation is 1. The first kappa shape index (κ1) is 12.5. The molecule has 6 nitrogen and oxygen atoms in total. The third kappa shape index (κ3) is 2.20. The highest BCUT2D eigenvalue weighted by atomic mass is 16.7. The van der Waals surface area contributed by atoms with Gasteiger partial charge in [-0.1, -0.05) is 6.92 Å².